The Labute approximate surface area is 181 Å². The molecule has 7 nitrogen and oxygen atoms in total. The lowest BCUT2D eigenvalue weighted by Gasteiger charge is -2.31. The Morgan fingerprint density at radius 2 is 1.97 bits per heavy atom. The second-order valence-electron chi connectivity index (χ2n) is 7.78. The molecule has 0 aliphatic carbocycles. The van der Waals surface area contributed by atoms with Crippen LogP contribution in [0.25, 0.3) is 22.4 Å². The lowest BCUT2D eigenvalue weighted by atomic mass is 9.98. The number of rotatable bonds is 4. The average molecular weight is 446 g/mol. The van der Waals surface area contributed by atoms with Crippen LogP contribution in [-0.4, -0.2) is 45.5 Å². The molecule has 1 fully saturated rings. The molecule has 10 heteroatoms. The van der Waals surface area contributed by atoms with Gasteiger partial charge in [0.15, 0.2) is 5.82 Å². The normalized spacial score (nSPS) is 15.2. The first-order valence-electron chi connectivity index (χ1n) is 10.2. The second kappa shape index (κ2) is 8.60. The number of H-pyrrole nitrogens is 1. The van der Waals surface area contributed by atoms with Gasteiger partial charge in [-0.1, -0.05) is 0 Å². The van der Waals surface area contributed by atoms with Crippen LogP contribution in [0.5, 0.6) is 5.75 Å². The molecule has 3 heterocycles. The number of nitrogens with one attached hydrogen (secondary N) is 1. The van der Waals surface area contributed by atoms with Crippen molar-refractivity contribution in [1.82, 2.24) is 19.9 Å². The molecular weight excluding hydrogens is 425 g/mol. The Kier molecular flexibility index (Phi) is 5.86. The number of piperidine rings is 1. The molecular formula is C22H21F3N4O3. The third kappa shape index (κ3) is 4.74. The largest absolute Gasteiger partial charge is 0.493 e. The minimum Gasteiger partial charge on any atom is -0.493 e. The van der Waals surface area contributed by atoms with Crippen molar-refractivity contribution in [3.63, 3.8) is 0 Å². The molecule has 3 aromatic rings. The Morgan fingerprint density at radius 1 is 1.22 bits per heavy atom. The van der Waals surface area contributed by atoms with Crippen molar-refractivity contribution >= 4 is 16.8 Å². The van der Waals surface area contributed by atoms with Crippen LogP contribution in [0.15, 0.2) is 41.3 Å². The summed E-state index contributed by atoms with van der Waals surface area (Å²) in [5.74, 6) is 0.848. The molecule has 32 heavy (non-hydrogen) atoms. The lowest BCUT2D eigenvalue weighted by Crippen LogP contribution is -2.38. The molecule has 0 atom stereocenters. The van der Waals surface area contributed by atoms with Gasteiger partial charge in [0, 0.05) is 26.2 Å². The number of likely N-dealkylation sites (tertiary alicyclic amines) is 1. The van der Waals surface area contributed by atoms with E-state index in [-0.39, 0.29) is 22.8 Å². The van der Waals surface area contributed by atoms with E-state index >= 15 is 0 Å². The van der Waals surface area contributed by atoms with Gasteiger partial charge >= 0.3 is 6.18 Å². The van der Waals surface area contributed by atoms with Gasteiger partial charge in [0.1, 0.15) is 11.4 Å². The van der Waals surface area contributed by atoms with Crippen LogP contribution in [-0.2, 0) is 11.0 Å². The topological polar surface area (TPSA) is 88.2 Å². The predicted molar refractivity (Wildman–Crippen MR) is 111 cm³/mol. The number of fused-ring (bicyclic) bond motifs is 1. The number of alkyl halides is 3. The third-order valence-electron chi connectivity index (χ3n) is 5.55. The quantitative estimate of drug-likeness (QED) is 0.661. The van der Waals surface area contributed by atoms with Crippen molar-refractivity contribution in [3.8, 4) is 17.3 Å². The zero-order chi connectivity index (χ0) is 22.9. The van der Waals surface area contributed by atoms with E-state index in [0.717, 1.165) is 31.2 Å². The van der Waals surface area contributed by atoms with Crippen molar-refractivity contribution in [3.05, 3.63) is 52.4 Å². The molecule has 1 N–H and O–H groups in total. The van der Waals surface area contributed by atoms with Crippen molar-refractivity contribution in [1.29, 1.82) is 0 Å². The fraction of sp³-hybridized carbons (Fsp3) is 0.364. The molecule has 1 aromatic carbocycles. The summed E-state index contributed by atoms with van der Waals surface area (Å²) in [6, 6.07) is 6.53. The summed E-state index contributed by atoms with van der Waals surface area (Å²) in [6.45, 7) is 3.44. The van der Waals surface area contributed by atoms with Gasteiger partial charge in [-0.3, -0.25) is 14.6 Å². The molecule has 1 aliphatic heterocycles. The summed E-state index contributed by atoms with van der Waals surface area (Å²) in [5.41, 5.74) is -1.12. The Hall–Kier alpha value is -3.43. The van der Waals surface area contributed by atoms with Crippen molar-refractivity contribution in [2.24, 2.45) is 5.92 Å². The number of carbonyl (C=O) groups excluding carboxylic acids is 1. The van der Waals surface area contributed by atoms with E-state index in [2.05, 4.69) is 15.0 Å². The van der Waals surface area contributed by atoms with Crippen LogP contribution in [0.2, 0.25) is 0 Å². The van der Waals surface area contributed by atoms with E-state index in [1.165, 1.54) is 0 Å². The Balaban J connectivity index is 1.51. The third-order valence-corrected chi connectivity index (χ3v) is 5.55. The molecule has 2 aromatic heterocycles. The number of hydrogen-bond acceptors (Lipinski definition) is 5. The highest BCUT2D eigenvalue weighted by atomic mass is 19.4. The van der Waals surface area contributed by atoms with Crippen LogP contribution < -0.4 is 10.3 Å². The number of pyridine rings is 1. The highest BCUT2D eigenvalue weighted by molar-refractivity contribution is 5.80. The van der Waals surface area contributed by atoms with Gasteiger partial charge in [-0.25, -0.2) is 4.98 Å². The molecule has 0 spiro atoms. The number of aromatic amines is 1. The maximum atomic E-state index is 13.0. The molecule has 4 rings (SSSR count). The molecule has 1 amide bonds. The molecule has 1 saturated heterocycles. The number of benzene rings is 1. The molecule has 0 saturated carbocycles. The van der Waals surface area contributed by atoms with Gasteiger partial charge < -0.3 is 14.6 Å². The molecule has 0 unspecified atom stereocenters. The zero-order valence-electron chi connectivity index (χ0n) is 17.3. The second-order valence-corrected chi connectivity index (χ2v) is 7.78. The summed E-state index contributed by atoms with van der Waals surface area (Å²) >= 11 is 0. The molecule has 1 aliphatic rings. The monoisotopic (exact) mass is 446 g/mol. The Bertz CT molecular complexity index is 1200. The molecule has 0 radical (unpaired) electrons. The van der Waals surface area contributed by atoms with Crippen LogP contribution >= 0.6 is 0 Å². The SMILES string of the molecule is CC(=O)N1CCC(COc2ccc3nc(-c4cc(C(F)(F)F)ccn4)[nH]c(=O)c3c2)CC1. The van der Waals surface area contributed by atoms with Gasteiger partial charge in [0.25, 0.3) is 5.56 Å². The fourth-order valence-electron chi connectivity index (χ4n) is 3.69. The van der Waals surface area contributed by atoms with Gasteiger partial charge in [-0.05, 0) is 49.1 Å². The van der Waals surface area contributed by atoms with Crippen molar-refractivity contribution in [2.45, 2.75) is 25.9 Å². The Morgan fingerprint density at radius 3 is 2.66 bits per heavy atom. The van der Waals surface area contributed by atoms with E-state index in [9.17, 15) is 22.8 Å². The number of hydrogen-bond donors (Lipinski definition) is 1. The first-order valence-corrected chi connectivity index (χ1v) is 10.2. The van der Waals surface area contributed by atoms with Crippen LogP contribution in [0.4, 0.5) is 13.2 Å². The van der Waals surface area contributed by atoms with E-state index in [0.29, 0.717) is 36.9 Å². The maximum absolute atomic E-state index is 13.0. The van der Waals surface area contributed by atoms with Crippen LogP contribution in [0.3, 0.4) is 0 Å². The van der Waals surface area contributed by atoms with Crippen LogP contribution in [0, 0.1) is 5.92 Å². The van der Waals surface area contributed by atoms with Gasteiger partial charge in [-0.2, -0.15) is 13.2 Å². The minimum absolute atomic E-state index is 0.0421. The van der Waals surface area contributed by atoms with Gasteiger partial charge in [-0.15, -0.1) is 0 Å². The van der Waals surface area contributed by atoms with Crippen molar-refractivity contribution in [2.75, 3.05) is 19.7 Å². The summed E-state index contributed by atoms with van der Waals surface area (Å²) in [7, 11) is 0. The van der Waals surface area contributed by atoms with Crippen molar-refractivity contribution < 1.29 is 22.7 Å². The standard InChI is InChI=1S/C22H21F3N4O3/c1-13(30)29-8-5-14(6-9-29)12-32-16-2-3-18-17(11-16)21(31)28-20(27-18)19-10-15(4-7-26-19)22(23,24)25/h2-4,7,10-11,14H,5-6,8-9,12H2,1H3,(H,27,28,31). The molecule has 168 valence electrons. The smallest absolute Gasteiger partial charge is 0.416 e. The number of amides is 1. The number of nitrogens with zero attached hydrogens (tertiary/aromatic N) is 3. The number of ether oxygens (including phenoxy) is 1. The highest BCUT2D eigenvalue weighted by Crippen LogP contribution is 2.30. The lowest BCUT2D eigenvalue weighted by molar-refractivity contribution is -0.137. The molecule has 0 bridgehead atoms. The predicted octanol–water partition coefficient (Wildman–Crippen LogP) is 3.64. The highest BCUT2D eigenvalue weighted by Gasteiger charge is 2.31. The summed E-state index contributed by atoms with van der Waals surface area (Å²) < 4.78 is 44.8. The van der Waals surface area contributed by atoms with E-state index in [1.54, 1.807) is 25.1 Å². The fourth-order valence-corrected chi connectivity index (χ4v) is 3.69. The van der Waals surface area contributed by atoms with E-state index < -0.39 is 17.3 Å². The van der Waals surface area contributed by atoms with Gasteiger partial charge in [0.05, 0.1) is 23.1 Å². The van der Waals surface area contributed by atoms with Crippen LogP contribution in [0.1, 0.15) is 25.3 Å². The number of carbonyl (C=O) groups is 1. The first-order chi connectivity index (χ1) is 15.2. The summed E-state index contributed by atoms with van der Waals surface area (Å²) in [5, 5.41) is 0.268. The van der Waals surface area contributed by atoms with Gasteiger partial charge in [0.2, 0.25) is 5.91 Å². The average Bonchev–Trinajstić information content (AvgIpc) is 2.77. The number of halogens is 3. The maximum Gasteiger partial charge on any atom is 0.416 e. The van der Waals surface area contributed by atoms with E-state index in [1.807, 2.05) is 4.90 Å². The summed E-state index contributed by atoms with van der Waals surface area (Å²) in [4.78, 5) is 36.5. The minimum atomic E-state index is -4.52. The first kappa shape index (κ1) is 21.8. The number of aromatic nitrogens is 3. The summed E-state index contributed by atoms with van der Waals surface area (Å²) in [6.07, 6.45) is -1.80. The zero-order valence-corrected chi connectivity index (χ0v) is 17.3. The van der Waals surface area contributed by atoms with E-state index in [4.69, 9.17) is 4.74 Å².